The molecule has 1 amide bonds. The summed E-state index contributed by atoms with van der Waals surface area (Å²) in [6, 6.07) is 10.6. The van der Waals surface area contributed by atoms with E-state index in [-0.39, 0.29) is 10.6 Å². The first kappa shape index (κ1) is 17.8. The number of carbonyl (C=O) groups excluding carboxylic acids is 1. The highest BCUT2D eigenvalue weighted by Crippen LogP contribution is 2.35. The third-order valence-electron chi connectivity index (χ3n) is 2.83. The molecular formula is C16H10ClF3INO. The van der Waals surface area contributed by atoms with Crippen LogP contribution in [-0.4, -0.2) is 5.91 Å². The van der Waals surface area contributed by atoms with Crippen LogP contribution < -0.4 is 5.32 Å². The van der Waals surface area contributed by atoms with Gasteiger partial charge >= 0.3 is 6.18 Å². The lowest BCUT2D eigenvalue weighted by Crippen LogP contribution is -2.08. The average molecular weight is 452 g/mol. The van der Waals surface area contributed by atoms with Crippen molar-refractivity contribution in [1.29, 1.82) is 0 Å². The van der Waals surface area contributed by atoms with Crippen molar-refractivity contribution in [2.24, 2.45) is 0 Å². The van der Waals surface area contributed by atoms with Crippen LogP contribution in [0.4, 0.5) is 18.9 Å². The van der Waals surface area contributed by atoms with E-state index in [4.69, 9.17) is 11.6 Å². The monoisotopic (exact) mass is 451 g/mol. The number of amides is 1. The molecular weight excluding hydrogens is 442 g/mol. The Bertz CT molecular complexity index is 742. The zero-order valence-electron chi connectivity index (χ0n) is 11.5. The van der Waals surface area contributed by atoms with E-state index in [0.717, 1.165) is 15.7 Å². The van der Waals surface area contributed by atoms with E-state index in [9.17, 15) is 18.0 Å². The van der Waals surface area contributed by atoms with E-state index >= 15 is 0 Å². The summed E-state index contributed by atoms with van der Waals surface area (Å²) in [5.41, 5.74) is -0.0917. The number of hydrogen-bond donors (Lipinski definition) is 1. The van der Waals surface area contributed by atoms with E-state index in [1.165, 1.54) is 18.2 Å². The Morgan fingerprint density at radius 1 is 1.13 bits per heavy atom. The zero-order valence-corrected chi connectivity index (χ0v) is 14.4. The van der Waals surface area contributed by atoms with Gasteiger partial charge in [0.15, 0.2) is 0 Å². The summed E-state index contributed by atoms with van der Waals surface area (Å²) in [4.78, 5) is 11.8. The minimum atomic E-state index is -4.54. The Morgan fingerprint density at radius 2 is 1.78 bits per heavy atom. The molecule has 0 saturated carbocycles. The Labute approximate surface area is 149 Å². The Hall–Kier alpha value is -1.54. The minimum Gasteiger partial charge on any atom is -0.323 e. The molecule has 0 spiro atoms. The maximum absolute atomic E-state index is 12.8. The van der Waals surface area contributed by atoms with Gasteiger partial charge in [-0.15, -0.1) is 0 Å². The largest absolute Gasteiger partial charge is 0.417 e. The van der Waals surface area contributed by atoms with Crippen LogP contribution in [0, 0.1) is 3.57 Å². The molecule has 0 heterocycles. The molecule has 0 fully saturated rings. The number of hydrogen-bond acceptors (Lipinski definition) is 1. The predicted octanol–water partition coefficient (Wildman–Crippen LogP) is 5.62. The third kappa shape index (κ3) is 5.24. The van der Waals surface area contributed by atoms with Crippen molar-refractivity contribution in [2.45, 2.75) is 6.18 Å². The molecule has 2 nitrogen and oxygen atoms in total. The molecule has 0 aromatic heterocycles. The van der Waals surface area contributed by atoms with Gasteiger partial charge in [-0.2, -0.15) is 13.2 Å². The molecule has 0 aliphatic heterocycles. The molecule has 0 unspecified atom stereocenters. The Balaban J connectivity index is 2.10. The van der Waals surface area contributed by atoms with E-state index in [1.54, 1.807) is 12.1 Å². The number of anilines is 1. The van der Waals surface area contributed by atoms with Crippen molar-refractivity contribution in [3.05, 3.63) is 68.3 Å². The molecule has 23 heavy (non-hydrogen) atoms. The lowest BCUT2D eigenvalue weighted by Gasteiger charge is -2.09. The lowest BCUT2D eigenvalue weighted by atomic mass is 10.1. The number of benzene rings is 2. The Kier molecular flexibility index (Phi) is 5.69. The second-order valence-electron chi connectivity index (χ2n) is 4.57. The molecule has 2 aromatic carbocycles. The van der Waals surface area contributed by atoms with E-state index < -0.39 is 17.6 Å². The van der Waals surface area contributed by atoms with E-state index in [0.29, 0.717) is 5.69 Å². The van der Waals surface area contributed by atoms with E-state index in [2.05, 4.69) is 27.9 Å². The summed E-state index contributed by atoms with van der Waals surface area (Å²) in [6.45, 7) is 0. The van der Waals surface area contributed by atoms with Crippen molar-refractivity contribution in [3.8, 4) is 0 Å². The molecule has 0 bridgehead atoms. The third-order valence-corrected chi connectivity index (χ3v) is 3.88. The summed E-state index contributed by atoms with van der Waals surface area (Å²) >= 11 is 7.68. The number of halogens is 5. The summed E-state index contributed by atoms with van der Waals surface area (Å²) in [7, 11) is 0. The maximum Gasteiger partial charge on any atom is 0.417 e. The van der Waals surface area contributed by atoms with Gasteiger partial charge in [-0.3, -0.25) is 4.79 Å². The fraction of sp³-hybridized carbons (Fsp3) is 0.0625. The van der Waals surface area contributed by atoms with Gasteiger partial charge in [-0.1, -0.05) is 17.7 Å². The van der Waals surface area contributed by atoms with Crippen LogP contribution in [0.3, 0.4) is 0 Å². The highest BCUT2D eigenvalue weighted by molar-refractivity contribution is 14.1. The molecule has 0 radical (unpaired) electrons. The molecule has 2 rings (SSSR count). The predicted molar refractivity (Wildman–Crippen MR) is 93.3 cm³/mol. The van der Waals surface area contributed by atoms with Crippen LogP contribution >= 0.6 is 34.2 Å². The molecule has 0 aliphatic carbocycles. The van der Waals surface area contributed by atoms with Crippen molar-refractivity contribution in [1.82, 2.24) is 0 Å². The van der Waals surface area contributed by atoms with Crippen LogP contribution in [-0.2, 0) is 11.0 Å². The van der Waals surface area contributed by atoms with Crippen LogP contribution in [0.15, 0.2) is 48.5 Å². The first-order chi connectivity index (χ1) is 10.8. The first-order valence-corrected chi connectivity index (χ1v) is 7.83. The van der Waals surface area contributed by atoms with Gasteiger partial charge in [0.25, 0.3) is 0 Å². The second kappa shape index (κ2) is 7.35. The summed E-state index contributed by atoms with van der Waals surface area (Å²) in [5.74, 6) is -0.435. The summed E-state index contributed by atoms with van der Waals surface area (Å²) in [6.07, 6.45) is -2.07. The fourth-order valence-corrected chi connectivity index (χ4v) is 2.34. The lowest BCUT2D eigenvalue weighted by molar-refractivity contribution is -0.137. The van der Waals surface area contributed by atoms with Crippen molar-refractivity contribution in [3.63, 3.8) is 0 Å². The number of carbonyl (C=O) groups is 1. The molecule has 0 atom stereocenters. The quantitative estimate of drug-likeness (QED) is 0.477. The van der Waals surface area contributed by atoms with Gasteiger partial charge < -0.3 is 5.32 Å². The van der Waals surface area contributed by atoms with Crippen LogP contribution in [0.5, 0.6) is 0 Å². The Morgan fingerprint density at radius 3 is 2.39 bits per heavy atom. The molecule has 7 heteroatoms. The maximum atomic E-state index is 12.8. The SMILES string of the molecule is O=C(/C=C/c1ccc(Cl)c(C(F)(F)F)c1)Nc1ccc(I)cc1. The normalized spacial score (nSPS) is 11.7. The van der Waals surface area contributed by atoms with Crippen molar-refractivity contribution in [2.75, 3.05) is 5.32 Å². The van der Waals surface area contributed by atoms with Gasteiger partial charge in [-0.25, -0.2) is 0 Å². The smallest absolute Gasteiger partial charge is 0.323 e. The summed E-state index contributed by atoms with van der Waals surface area (Å²) in [5, 5.41) is 2.24. The molecule has 2 aromatic rings. The number of rotatable bonds is 3. The second-order valence-corrected chi connectivity index (χ2v) is 6.22. The van der Waals surface area contributed by atoms with Gasteiger partial charge in [0.1, 0.15) is 0 Å². The topological polar surface area (TPSA) is 29.1 Å². The standard InChI is InChI=1S/C16H10ClF3INO/c17-14-7-1-10(9-13(14)16(18,19)20)2-8-15(23)22-12-5-3-11(21)4-6-12/h1-9H,(H,22,23)/b8-2+. The first-order valence-electron chi connectivity index (χ1n) is 6.37. The van der Waals surface area contributed by atoms with Gasteiger partial charge in [0, 0.05) is 15.3 Å². The fourth-order valence-electron chi connectivity index (χ4n) is 1.75. The van der Waals surface area contributed by atoms with Gasteiger partial charge in [0.2, 0.25) is 5.91 Å². The highest BCUT2D eigenvalue weighted by Gasteiger charge is 2.33. The molecule has 0 saturated heterocycles. The molecule has 120 valence electrons. The highest BCUT2D eigenvalue weighted by atomic mass is 127. The van der Waals surface area contributed by atoms with Crippen LogP contribution in [0.2, 0.25) is 5.02 Å². The summed E-state index contributed by atoms with van der Waals surface area (Å²) < 4.78 is 39.3. The molecule has 1 N–H and O–H groups in total. The van der Waals surface area contributed by atoms with Crippen molar-refractivity contribution < 1.29 is 18.0 Å². The minimum absolute atomic E-state index is 0.236. The van der Waals surface area contributed by atoms with Gasteiger partial charge in [-0.05, 0) is 70.6 Å². The average Bonchev–Trinajstić information content (AvgIpc) is 2.47. The van der Waals surface area contributed by atoms with Crippen molar-refractivity contribution >= 4 is 51.9 Å². The number of nitrogens with one attached hydrogen (secondary N) is 1. The van der Waals surface area contributed by atoms with E-state index in [1.807, 2.05) is 12.1 Å². The zero-order chi connectivity index (χ0) is 17.0. The number of alkyl halides is 3. The van der Waals surface area contributed by atoms with Crippen LogP contribution in [0.25, 0.3) is 6.08 Å². The van der Waals surface area contributed by atoms with Gasteiger partial charge in [0.05, 0.1) is 10.6 Å². The molecule has 0 aliphatic rings. The van der Waals surface area contributed by atoms with Crippen LogP contribution in [0.1, 0.15) is 11.1 Å².